The Morgan fingerprint density at radius 2 is 2.47 bits per heavy atom. The topological polar surface area (TPSA) is 58.5 Å². The summed E-state index contributed by atoms with van der Waals surface area (Å²) in [5.41, 5.74) is 0.986. The fourth-order valence-corrected chi connectivity index (χ4v) is 1.82. The van der Waals surface area contributed by atoms with E-state index in [-0.39, 0.29) is 0 Å². The molecule has 2 N–H and O–H groups in total. The predicted octanol–water partition coefficient (Wildman–Crippen LogP) is 1.18. The first-order valence-corrected chi connectivity index (χ1v) is 5.80. The van der Waals surface area contributed by atoms with Gasteiger partial charge in [-0.1, -0.05) is 11.6 Å². The molecule has 1 unspecified atom stereocenters. The molecule has 0 saturated heterocycles. The molecule has 1 aromatic heterocycles. The summed E-state index contributed by atoms with van der Waals surface area (Å²) in [5.74, 6) is 1.27. The van der Waals surface area contributed by atoms with Crippen molar-refractivity contribution in [1.29, 1.82) is 0 Å². The monoisotopic (exact) mass is 254 g/mol. The molecule has 0 aromatic carbocycles. The Bertz CT molecular complexity index is 435. The van der Waals surface area contributed by atoms with E-state index in [4.69, 9.17) is 16.3 Å². The van der Waals surface area contributed by atoms with E-state index in [1.807, 2.05) is 6.07 Å². The number of ether oxygens (including phenoxy) is 1. The summed E-state index contributed by atoms with van der Waals surface area (Å²) >= 11 is 5.99. The van der Waals surface area contributed by atoms with Crippen LogP contribution in [-0.2, 0) is 6.54 Å². The SMILES string of the molecule is COc1ncc(CNC2=NCC(C)N2)cc1Cl. The van der Waals surface area contributed by atoms with Crippen molar-refractivity contribution < 1.29 is 4.74 Å². The zero-order valence-electron chi connectivity index (χ0n) is 9.83. The molecule has 0 spiro atoms. The summed E-state index contributed by atoms with van der Waals surface area (Å²) in [6.45, 7) is 3.53. The first-order valence-electron chi connectivity index (χ1n) is 5.42. The molecule has 0 bridgehead atoms. The summed E-state index contributed by atoms with van der Waals surface area (Å²) in [4.78, 5) is 8.41. The number of hydrogen-bond donors (Lipinski definition) is 2. The fraction of sp³-hybridized carbons (Fsp3) is 0.455. The number of rotatable bonds is 3. The van der Waals surface area contributed by atoms with Gasteiger partial charge < -0.3 is 15.4 Å². The quantitative estimate of drug-likeness (QED) is 0.851. The molecule has 1 aromatic rings. The molecule has 0 aliphatic carbocycles. The minimum absolute atomic E-state index is 0.398. The van der Waals surface area contributed by atoms with Crippen molar-refractivity contribution >= 4 is 17.6 Å². The van der Waals surface area contributed by atoms with E-state index in [0.717, 1.165) is 18.1 Å². The second-order valence-corrected chi connectivity index (χ2v) is 4.33. The van der Waals surface area contributed by atoms with Gasteiger partial charge in [0, 0.05) is 18.8 Å². The molecule has 1 aliphatic rings. The average Bonchev–Trinajstić information content (AvgIpc) is 2.73. The summed E-state index contributed by atoms with van der Waals surface area (Å²) in [7, 11) is 1.55. The lowest BCUT2D eigenvalue weighted by molar-refractivity contribution is 0.398. The molecule has 6 heteroatoms. The van der Waals surface area contributed by atoms with Crippen LogP contribution < -0.4 is 15.4 Å². The Hall–Kier alpha value is -1.49. The standard InChI is InChI=1S/C11H15ClN4O/c1-7-4-14-11(16-7)15-6-8-3-9(12)10(17-2)13-5-8/h3,5,7H,4,6H2,1-2H3,(H2,14,15,16). The molecule has 5 nitrogen and oxygen atoms in total. The number of aromatic nitrogens is 1. The molecule has 1 atom stereocenters. The third kappa shape index (κ3) is 3.00. The summed E-state index contributed by atoms with van der Waals surface area (Å²) < 4.78 is 4.99. The highest BCUT2D eigenvalue weighted by molar-refractivity contribution is 6.31. The molecular weight excluding hydrogens is 240 g/mol. The van der Waals surface area contributed by atoms with Gasteiger partial charge in [-0.05, 0) is 18.6 Å². The van der Waals surface area contributed by atoms with Crippen molar-refractivity contribution in [3.05, 3.63) is 22.8 Å². The highest BCUT2D eigenvalue weighted by atomic mass is 35.5. The van der Waals surface area contributed by atoms with Crippen LogP contribution in [0.5, 0.6) is 5.88 Å². The molecule has 2 heterocycles. The third-order valence-electron chi connectivity index (χ3n) is 2.42. The van der Waals surface area contributed by atoms with Gasteiger partial charge in [0.2, 0.25) is 5.88 Å². The summed E-state index contributed by atoms with van der Waals surface area (Å²) in [6, 6.07) is 2.23. The van der Waals surface area contributed by atoms with Crippen molar-refractivity contribution in [1.82, 2.24) is 15.6 Å². The zero-order valence-corrected chi connectivity index (χ0v) is 10.6. The van der Waals surface area contributed by atoms with Crippen molar-refractivity contribution in [2.75, 3.05) is 13.7 Å². The van der Waals surface area contributed by atoms with Crippen LogP contribution in [0.25, 0.3) is 0 Å². The molecule has 2 rings (SSSR count). The van der Waals surface area contributed by atoms with Gasteiger partial charge in [-0.15, -0.1) is 0 Å². The van der Waals surface area contributed by atoms with Crippen LogP contribution in [0.3, 0.4) is 0 Å². The average molecular weight is 255 g/mol. The maximum absolute atomic E-state index is 5.99. The Morgan fingerprint density at radius 1 is 1.65 bits per heavy atom. The van der Waals surface area contributed by atoms with Gasteiger partial charge in [0.15, 0.2) is 5.96 Å². The Morgan fingerprint density at radius 3 is 3.06 bits per heavy atom. The first-order chi connectivity index (χ1) is 8.19. The van der Waals surface area contributed by atoms with Crippen LogP contribution in [0.2, 0.25) is 5.02 Å². The molecule has 0 saturated carbocycles. The minimum atomic E-state index is 0.398. The van der Waals surface area contributed by atoms with Gasteiger partial charge >= 0.3 is 0 Å². The number of guanidine groups is 1. The largest absolute Gasteiger partial charge is 0.480 e. The number of nitrogens with one attached hydrogen (secondary N) is 2. The zero-order chi connectivity index (χ0) is 12.3. The maximum Gasteiger partial charge on any atom is 0.232 e. The van der Waals surface area contributed by atoms with Crippen molar-refractivity contribution in [3.8, 4) is 5.88 Å². The molecular formula is C11H15ClN4O. The van der Waals surface area contributed by atoms with Gasteiger partial charge in [0.25, 0.3) is 0 Å². The number of aliphatic imine (C=N–C) groups is 1. The van der Waals surface area contributed by atoms with Gasteiger partial charge in [0.1, 0.15) is 5.02 Å². The number of halogens is 1. The Balaban J connectivity index is 1.93. The highest BCUT2D eigenvalue weighted by Crippen LogP contribution is 2.21. The van der Waals surface area contributed by atoms with Crippen LogP contribution in [0.15, 0.2) is 17.3 Å². The lowest BCUT2D eigenvalue weighted by Crippen LogP contribution is -2.37. The van der Waals surface area contributed by atoms with Crippen LogP contribution in [0.4, 0.5) is 0 Å². The first kappa shape index (κ1) is 12.0. The minimum Gasteiger partial charge on any atom is -0.480 e. The van der Waals surface area contributed by atoms with Gasteiger partial charge in [0.05, 0.1) is 13.7 Å². The number of pyridine rings is 1. The second-order valence-electron chi connectivity index (χ2n) is 3.92. The Labute approximate surface area is 105 Å². The van der Waals surface area contributed by atoms with Crippen molar-refractivity contribution in [2.24, 2.45) is 4.99 Å². The lowest BCUT2D eigenvalue weighted by Gasteiger charge is -2.09. The van der Waals surface area contributed by atoms with Gasteiger partial charge in [-0.3, -0.25) is 4.99 Å². The van der Waals surface area contributed by atoms with E-state index in [1.54, 1.807) is 13.3 Å². The van der Waals surface area contributed by atoms with Crippen LogP contribution in [-0.4, -0.2) is 30.6 Å². The smallest absolute Gasteiger partial charge is 0.232 e. The van der Waals surface area contributed by atoms with Gasteiger partial charge in [-0.2, -0.15) is 0 Å². The van der Waals surface area contributed by atoms with E-state index in [2.05, 4.69) is 27.5 Å². The molecule has 0 radical (unpaired) electrons. The van der Waals surface area contributed by atoms with E-state index >= 15 is 0 Å². The van der Waals surface area contributed by atoms with Crippen LogP contribution >= 0.6 is 11.6 Å². The Kier molecular flexibility index (Phi) is 3.68. The van der Waals surface area contributed by atoms with E-state index in [1.165, 1.54) is 0 Å². The molecule has 0 fully saturated rings. The molecule has 1 aliphatic heterocycles. The van der Waals surface area contributed by atoms with Crippen molar-refractivity contribution in [3.63, 3.8) is 0 Å². The molecule has 17 heavy (non-hydrogen) atoms. The fourth-order valence-electron chi connectivity index (χ4n) is 1.56. The third-order valence-corrected chi connectivity index (χ3v) is 2.69. The second kappa shape index (κ2) is 5.23. The molecule has 0 amide bonds. The highest BCUT2D eigenvalue weighted by Gasteiger charge is 2.11. The van der Waals surface area contributed by atoms with Crippen molar-refractivity contribution in [2.45, 2.75) is 19.5 Å². The number of hydrogen-bond acceptors (Lipinski definition) is 5. The predicted molar refractivity (Wildman–Crippen MR) is 67.5 cm³/mol. The van der Waals surface area contributed by atoms with Gasteiger partial charge in [-0.25, -0.2) is 4.98 Å². The number of methoxy groups -OCH3 is 1. The van der Waals surface area contributed by atoms with E-state index < -0.39 is 0 Å². The van der Waals surface area contributed by atoms with Crippen LogP contribution in [0.1, 0.15) is 12.5 Å². The lowest BCUT2D eigenvalue weighted by atomic mass is 10.3. The summed E-state index contributed by atoms with van der Waals surface area (Å²) in [5, 5.41) is 6.93. The normalized spacial score (nSPS) is 18.5. The number of nitrogens with zero attached hydrogens (tertiary/aromatic N) is 2. The maximum atomic E-state index is 5.99. The van der Waals surface area contributed by atoms with E-state index in [0.29, 0.717) is 23.5 Å². The molecule has 92 valence electrons. The van der Waals surface area contributed by atoms with E-state index in [9.17, 15) is 0 Å². The van der Waals surface area contributed by atoms with Crippen LogP contribution in [0, 0.1) is 0 Å². The summed E-state index contributed by atoms with van der Waals surface area (Å²) in [6.07, 6.45) is 1.73.